The summed E-state index contributed by atoms with van der Waals surface area (Å²) in [5.41, 5.74) is 10.0. The minimum Gasteiger partial charge on any atom is -0.444 e. The molecular formula is C49H65ClN4O8. The van der Waals surface area contributed by atoms with Crippen LogP contribution in [0, 0.1) is 0 Å². The number of carbonyl (C=O) groups excluding carboxylic acids is 3. The Kier molecular flexibility index (Phi) is 18.3. The fourth-order valence-electron chi connectivity index (χ4n) is 7.40. The fourth-order valence-corrected chi connectivity index (χ4v) is 7.40. The molecule has 0 spiro atoms. The molecule has 2 amide bonds. The highest BCUT2D eigenvalue weighted by molar-refractivity contribution is 5.88. The Labute approximate surface area is 373 Å². The first-order chi connectivity index (χ1) is 28.3. The highest BCUT2D eigenvalue weighted by Crippen LogP contribution is 2.43. The van der Waals surface area contributed by atoms with E-state index in [0.29, 0.717) is 12.1 Å². The van der Waals surface area contributed by atoms with E-state index in [1.807, 2.05) is 132 Å². The summed E-state index contributed by atoms with van der Waals surface area (Å²) in [6.45, 7) is 14.6. The molecule has 1 unspecified atom stereocenters. The number of aliphatic hydroxyl groups excluding tert-OH is 1. The van der Waals surface area contributed by atoms with Crippen LogP contribution in [0.2, 0.25) is 0 Å². The summed E-state index contributed by atoms with van der Waals surface area (Å²) < 4.78 is 17.4. The van der Waals surface area contributed by atoms with E-state index in [-0.39, 0.29) is 54.7 Å². The largest absolute Gasteiger partial charge is 0.444 e. The van der Waals surface area contributed by atoms with E-state index in [9.17, 15) is 19.5 Å². The van der Waals surface area contributed by atoms with Crippen LogP contribution < -0.4 is 11.1 Å². The molecule has 0 radical (unpaired) electrons. The summed E-state index contributed by atoms with van der Waals surface area (Å²) in [6, 6.07) is 34.2. The molecular weight excluding hydrogens is 808 g/mol. The molecule has 2 aliphatic heterocycles. The molecule has 0 bridgehead atoms. The predicted octanol–water partition coefficient (Wildman–Crippen LogP) is 9.78. The summed E-state index contributed by atoms with van der Waals surface area (Å²) in [4.78, 5) is 44.7. The number of nitrogens with zero attached hydrogens (tertiary/aromatic N) is 2. The quantitative estimate of drug-likeness (QED) is 0.124. The Balaban J connectivity index is 0.000000375. The van der Waals surface area contributed by atoms with Gasteiger partial charge in [-0.25, -0.2) is 9.59 Å². The van der Waals surface area contributed by atoms with Crippen LogP contribution in [0.1, 0.15) is 116 Å². The van der Waals surface area contributed by atoms with Gasteiger partial charge in [0.25, 0.3) is 0 Å². The van der Waals surface area contributed by atoms with E-state index < -0.39 is 35.2 Å². The van der Waals surface area contributed by atoms with Crippen LogP contribution in [0.25, 0.3) is 0 Å². The van der Waals surface area contributed by atoms with Gasteiger partial charge >= 0.3 is 12.2 Å². The van der Waals surface area contributed by atoms with Crippen LogP contribution in [0.15, 0.2) is 114 Å². The Bertz CT molecular complexity index is 2070. The van der Waals surface area contributed by atoms with Crippen LogP contribution in [0.5, 0.6) is 0 Å². The number of Topliss-reactive ketones (excluding diaryl/α,β-unsaturated/α-hetero) is 1. The third-order valence-electron chi connectivity index (χ3n) is 10.1. The number of carbonyl (C=O) groups is 3. The van der Waals surface area contributed by atoms with Gasteiger partial charge in [-0.3, -0.25) is 20.0 Å². The molecule has 2 aliphatic rings. The number of halogens is 1. The topological polar surface area (TPSA) is 184 Å². The fraction of sp³-hybridized carbons (Fsp3) is 0.429. The van der Waals surface area contributed by atoms with Crippen molar-refractivity contribution in [3.8, 4) is 0 Å². The smallest absolute Gasteiger partial charge is 0.412 e. The molecule has 2 heterocycles. The SMILES string of the molecule is CC(C)(C)OC(=O)Nc1ccc(CC(=O)CC[C@@H]2C(c3ccccc3)OC(C)(C)N2C(=O)OC(C)(C)C)cc1.Cl.Nc1ccc(CC2=N[C@@H]([C@H](O)c3ccccc3)CC2)cc1.O. The molecule has 4 aromatic carbocycles. The summed E-state index contributed by atoms with van der Waals surface area (Å²) in [7, 11) is 0. The number of amides is 2. The summed E-state index contributed by atoms with van der Waals surface area (Å²) in [6.07, 6.45) is 1.77. The van der Waals surface area contributed by atoms with Crippen molar-refractivity contribution in [2.45, 2.75) is 135 Å². The maximum Gasteiger partial charge on any atom is 0.412 e. The van der Waals surface area contributed by atoms with E-state index in [1.54, 1.807) is 37.8 Å². The standard InChI is InChI=1S/C31H42N2O6.C18H20N2O.ClH.H2O/c1-29(2,3)38-27(35)32-23-16-14-21(15-17-23)20-24(34)18-19-25-26(22-12-10-9-11-13-22)37-31(7,8)33(25)28(36)39-30(4,5)6;19-15-8-6-13(7-9-15)12-16-10-11-17(20-16)18(21)14-4-2-1-3-5-14;;/h9-17,25-26H,18-20H2,1-8H3,(H,32,35);1-9,17-18,21H,10-12,19H2;1H;1H2/t25-,26?;17-,18-;;/m11../s1. The molecule has 4 atom stereocenters. The lowest BCUT2D eigenvalue weighted by Crippen LogP contribution is -2.50. The third kappa shape index (κ3) is 15.3. The van der Waals surface area contributed by atoms with Crippen molar-refractivity contribution in [3.63, 3.8) is 0 Å². The lowest BCUT2D eigenvalue weighted by atomic mass is 9.95. The average Bonchev–Trinajstić information content (AvgIpc) is 3.76. The normalized spacial score (nSPS) is 18.4. The van der Waals surface area contributed by atoms with Gasteiger partial charge in [0.05, 0.1) is 12.1 Å². The van der Waals surface area contributed by atoms with Crippen LogP contribution in [0.3, 0.4) is 0 Å². The zero-order valence-corrected chi connectivity index (χ0v) is 38.0. The lowest BCUT2D eigenvalue weighted by molar-refractivity contribution is -0.118. The number of aliphatic imine (C=N–C) groups is 1. The number of nitrogens with one attached hydrogen (secondary N) is 1. The minimum absolute atomic E-state index is 0. The molecule has 0 aliphatic carbocycles. The van der Waals surface area contributed by atoms with Gasteiger partial charge < -0.3 is 30.5 Å². The van der Waals surface area contributed by atoms with Crippen LogP contribution in [0.4, 0.5) is 21.0 Å². The predicted molar refractivity (Wildman–Crippen MR) is 248 cm³/mol. The Morgan fingerprint density at radius 2 is 1.42 bits per heavy atom. The van der Waals surface area contributed by atoms with E-state index in [1.165, 1.54) is 11.3 Å². The molecule has 1 fully saturated rings. The van der Waals surface area contributed by atoms with Crippen molar-refractivity contribution in [1.82, 2.24) is 4.90 Å². The van der Waals surface area contributed by atoms with Crippen molar-refractivity contribution in [2.24, 2.45) is 4.99 Å². The summed E-state index contributed by atoms with van der Waals surface area (Å²) in [5, 5.41) is 13.1. The van der Waals surface area contributed by atoms with Crippen molar-refractivity contribution in [2.75, 3.05) is 11.1 Å². The van der Waals surface area contributed by atoms with Crippen molar-refractivity contribution < 1.29 is 39.2 Å². The highest BCUT2D eigenvalue weighted by atomic mass is 35.5. The van der Waals surface area contributed by atoms with Gasteiger partial charge in [-0.15, -0.1) is 12.4 Å². The summed E-state index contributed by atoms with van der Waals surface area (Å²) >= 11 is 0. The first-order valence-electron chi connectivity index (χ1n) is 20.7. The van der Waals surface area contributed by atoms with Gasteiger partial charge in [-0.05, 0) is 121 Å². The maximum absolute atomic E-state index is 13.3. The minimum atomic E-state index is -0.909. The van der Waals surface area contributed by atoms with Gasteiger partial charge in [0.1, 0.15) is 34.9 Å². The van der Waals surface area contributed by atoms with Crippen molar-refractivity contribution >= 4 is 47.5 Å². The second-order valence-electron chi connectivity index (χ2n) is 18.0. The second-order valence-corrected chi connectivity index (χ2v) is 18.0. The van der Waals surface area contributed by atoms with Crippen LogP contribution in [-0.4, -0.2) is 68.2 Å². The second kappa shape index (κ2) is 22.2. The number of nitrogens with two attached hydrogens (primary N) is 1. The molecule has 1 saturated heterocycles. The number of ether oxygens (including phenoxy) is 3. The Hall–Kier alpha value is -5.27. The lowest BCUT2D eigenvalue weighted by Gasteiger charge is -2.35. The number of ketones is 1. The van der Waals surface area contributed by atoms with Gasteiger partial charge in [-0.1, -0.05) is 84.9 Å². The third-order valence-corrected chi connectivity index (χ3v) is 10.1. The maximum atomic E-state index is 13.3. The Morgan fingerprint density at radius 3 is 2.00 bits per heavy atom. The number of hydrogen-bond acceptors (Lipinski definition) is 9. The van der Waals surface area contributed by atoms with E-state index in [4.69, 9.17) is 24.9 Å². The highest BCUT2D eigenvalue weighted by Gasteiger charge is 2.51. The van der Waals surface area contributed by atoms with Gasteiger partial charge in [0.2, 0.25) is 0 Å². The first-order valence-corrected chi connectivity index (χ1v) is 20.7. The molecule has 4 aromatic rings. The van der Waals surface area contributed by atoms with Crippen molar-refractivity contribution in [3.05, 3.63) is 131 Å². The molecule has 6 N–H and O–H groups in total. The Morgan fingerprint density at radius 1 is 0.855 bits per heavy atom. The molecule has 336 valence electrons. The van der Waals surface area contributed by atoms with Crippen LogP contribution in [-0.2, 0) is 31.8 Å². The van der Waals surface area contributed by atoms with Gasteiger partial charge in [-0.2, -0.15) is 0 Å². The molecule has 0 saturated carbocycles. The van der Waals surface area contributed by atoms with E-state index in [2.05, 4.69) is 5.32 Å². The van der Waals surface area contributed by atoms with E-state index in [0.717, 1.165) is 41.6 Å². The number of aliphatic hydroxyl groups is 1. The number of nitrogen functional groups attached to an aromatic ring is 1. The van der Waals surface area contributed by atoms with Crippen molar-refractivity contribution in [1.29, 1.82) is 0 Å². The summed E-state index contributed by atoms with van der Waals surface area (Å²) in [5.74, 6) is 0.0449. The van der Waals surface area contributed by atoms with Gasteiger partial charge in [0.15, 0.2) is 0 Å². The van der Waals surface area contributed by atoms with Gasteiger partial charge in [0, 0.05) is 36.3 Å². The molecule has 62 heavy (non-hydrogen) atoms. The monoisotopic (exact) mass is 872 g/mol. The van der Waals surface area contributed by atoms with Crippen LogP contribution >= 0.6 is 12.4 Å². The number of anilines is 2. The molecule has 6 rings (SSSR count). The average molecular weight is 874 g/mol. The molecule has 0 aromatic heterocycles. The first kappa shape index (κ1) is 51.1. The molecule has 12 nitrogen and oxygen atoms in total. The number of rotatable bonds is 11. The number of benzene rings is 4. The zero-order chi connectivity index (χ0) is 43.7. The van der Waals surface area contributed by atoms with E-state index >= 15 is 0 Å². The molecule has 13 heteroatoms. The number of hydrogen-bond donors (Lipinski definition) is 3. The zero-order valence-electron chi connectivity index (χ0n) is 37.2.